The molecular weight excluding hydrogens is 326 g/mol. The summed E-state index contributed by atoms with van der Waals surface area (Å²) in [5, 5.41) is 9.52. The third-order valence-corrected chi connectivity index (χ3v) is 5.00. The van der Waals surface area contributed by atoms with Crippen molar-refractivity contribution < 1.29 is 9.47 Å². The summed E-state index contributed by atoms with van der Waals surface area (Å²) in [6.07, 6.45) is 3.58. The van der Waals surface area contributed by atoms with Crippen LogP contribution in [-0.4, -0.2) is 33.1 Å². The number of thioether (sulfide) groups is 1. The maximum absolute atomic E-state index is 5.66. The van der Waals surface area contributed by atoms with Gasteiger partial charge in [-0.2, -0.15) is 0 Å². The van der Waals surface area contributed by atoms with Gasteiger partial charge in [0.1, 0.15) is 18.6 Å². The van der Waals surface area contributed by atoms with Crippen molar-refractivity contribution in [2.45, 2.75) is 10.5 Å². The Morgan fingerprint density at radius 2 is 1.88 bits per heavy atom. The maximum atomic E-state index is 5.66. The van der Waals surface area contributed by atoms with Gasteiger partial charge in [0.25, 0.3) is 0 Å². The van der Waals surface area contributed by atoms with Crippen molar-refractivity contribution in [3.8, 4) is 22.9 Å². The van der Waals surface area contributed by atoms with Crippen LogP contribution in [0, 0.1) is 0 Å². The molecule has 2 aliphatic heterocycles. The second-order valence-electron chi connectivity index (χ2n) is 5.41. The van der Waals surface area contributed by atoms with Gasteiger partial charge in [0.15, 0.2) is 17.3 Å². The Bertz CT molecular complexity index is 899. The van der Waals surface area contributed by atoms with E-state index in [-0.39, 0.29) is 5.37 Å². The minimum atomic E-state index is 0.0921. The summed E-state index contributed by atoms with van der Waals surface area (Å²) in [4.78, 5) is 4.06. The lowest BCUT2D eigenvalue weighted by Crippen LogP contribution is -2.16. The highest BCUT2D eigenvalue weighted by atomic mass is 32.2. The molecule has 1 unspecified atom stereocenters. The van der Waals surface area contributed by atoms with Crippen molar-refractivity contribution >= 4 is 11.8 Å². The highest BCUT2D eigenvalue weighted by molar-refractivity contribution is 7.99. The third kappa shape index (κ3) is 2.18. The molecule has 0 aliphatic carbocycles. The number of ether oxygens (including phenoxy) is 2. The Hall–Kier alpha value is -2.74. The normalized spacial score (nSPS) is 18.1. The lowest BCUT2D eigenvalue weighted by atomic mass is 10.2. The fourth-order valence-electron chi connectivity index (χ4n) is 2.76. The van der Waals surface area contributed by atoms with Gasteiger partial charge in [0, 0.05) is 18.0 Å². The van der Waals surface area contributed by atoms with Gasteiger partial charge in [-0.1, -0.05) is 11.8 Å². The van der Waals surface area contributed by atoms with Gasteiger partial charge in [0.05, 0.1) is 0 Å². The molecule has 4 heterocycles. The number of aromatic nitrogens is 4. The molecule has 8 heteroatoms. The smallest absolute Gasteiger partial charge is 0.212 e. The summed E-state index contributed by atoms with van der Waals surface area (Å²) < 4.78 is 13.1. The number of fused-ring (bicyclic) bond motifs is 2. The van der Waals surface area contributed by atoms with E-state index in [0.717, 1.165) is 33.6 Å². The van der Waals surface area contributed by atoms with Crippen LogP contribution in [-0.2, 0) is 0 Å². The first-order chi connectivity index (χ1) is 11.9. The molecule has 0 spiro atoms. The predicted octanol–water partition coefficient (Wildman–Crippen LogP) is 2.46. The molecular formula is C16H13N5O2S. The van der Waals surface area contributed by atoms with Gasteiger partial charge < -0.3 is 14.9 Å². The first-order valence-electron chi connectivity index (χ1n) is 7.57. The van der Waals surface area contributed by atoms with Crippen molar-refractivity contribution in [3.63, 3.8) is 0 Å². The van der Waals surface area contributed by atoms with Crippen LogP contribution in [0.4, 0.5) is 0 Å². The molecule has 1 atom stereocenters. The van der Waals surface area contributed by atoms with E-state index in [0.29, 0.717) is 13.2 Å². The second-order valence-corrected chi connectivity index (χ2v) is 6.48. The van der Waals surface area contributed by atoms with E-state index < -0.39 is 0 Å². The quantitative estimate of drug-likeness (QED) is 0.769. The minimum Gasteiger partial charge on any atom is -0.486 e. The number of nitrogens with one attached hydrogen (secondary N) is 1. The maximum Gasteiger partial charge on any atom is 0.212 e. The molecule has 7 nitrogen and oxygen atoms in total. The lowest BCUT2D eigenvalue weighted by molar-refractivity contribution is 0.171. The summed E-state index contributed by atoms with van der Waals surface area (Å²) in [5.41, 5.74) is 5.51. The first kappa shape index (κ1) is 13.7. The van der Waals surface area contributed by atoms with Crippen LogP contribution in [0.15, 0.2) is 47.9 Å². The highest BCUT2D eigenvalue weighted by Gasteiger charge is 2.28. The lowest BCUT2D eigenvalue weighted by Gasteiger charge is -2.19. The monoisotopic (exact) mass is 339 g/mol. The zero-order valence-corrected chi connectivity index (χ0v) is 13.4. The summed E-state index contributed by atoms with van der Waals surface area (Å²) in [6.45, 7) is 1.14. The Kier molecular flexibility index (Phi) is 3.08. The fourth-order valence-corrected chi connectivity index (χ4v) is 3.76. The van der Waals surface area contributed by atoms with Crippen molar-refractivity contribution in [1.29, 1.82) is 0 Å². The van der Waals surface area contributed by atoms with Crippen LogP contribution < -0.4 is 14.9 Å². The zero-order valence-electron chi connectivity index (χ0n) is 12.5. The Morgan fingerprint density at radius 3 is 2.75 bits per heavy atom. The van der Waals surface area contributed by atoms with Crippen molar-refractivity contribution in [2.75, 3.05) is 18.6 Å². The molecule has 1 N–H and O–H groups in total. The molecule has 1 aromatic carbocycles. The van der Waals surface area contributed by atoms with Gasteiger partial charge in [0.2, 0.25) is 5.16 Å². The van der Waals surface area contributed by atoms with Gasteiger partial charge in [-0.3, -0.25) is 4.98 Å². The van der Waals surface area contributed by atoms with Crippen LogP contribution in [0.2, 0.25) is 0 Å². The van der Waals surface area contributed by atoms with Gasteiger partial charge in [-0.05, 0) is 35.9 Å². The molecule has 2 aromatic heterocycles. The van der Waals surface area contributed by atoms with Crippen molar-refractivity contribution in [1.82, 2.24) is 19.9 Å². The zero-order chi connectivity index (χ0) is 15.9. The molecule has 0 bridgehead atoms. The summed E-state index contributed by atoms with van der Waals surface area (Å²) >= 11 is 1.63. The molecule has 0 radical (unpaired) electrons. The molecule has 0 saturated carbocycles. The average Bonchev–Trinajstić information content (AvgIpc) is 3.23. The van der Waals surface area contributed by atoms with Crippen LogP contribution in [0.1, 0.15) is 10.9 Å². The summed E-state index contributed by atoms with van der Waals surface area (Å²) in [7, 11) is 0. The Balaban J connectivity index is 1.48. The van der Waals surface area contributed by atoms with Crippen LogP contribution in [0.25, 0.3) is 11.4 Å². The van der Waals surface area contributed by atoms with Crippen LogP contribution >= 0.6 is 11.8 Å². The topological polar surface area (TPSA) is 74.1 Å². The Morgan fingerprint density at radius 1 is 1.04 bits per heavy atom. The molecule has 0 fully saturated rings. The van der Waals surface area contributed by atoms with E-state index in [4.69, 9.17) is 9.47 Å². The molecule has 5 rings (SSSR count). The molecule has 120 valence electrons. The highest BCUT2D eigenvalue weighted by Crippen LogP contribution is 2.41. The number of pyridine rings is 1. The molecule has 0 saturated heterocycles. The van der Waals surface area contributed by atoms with Gasteiger partial charge in [-0.15, -0.1) is 10.2 Å². The minimum absolute atomic E-state index is 0.0921. The van der Waals surface area contributed by atoms with E-state index in [1.165, 1.54) is 0 Å². The van der Waals surface area contributed by atoms with E-state index in [1.54, 1.807) is 24.2 Å². The van der Waals surface area contributed by atoms with Gasteiger partial charge >= 0.3 is 0 Å². The summed E-state index contributed by atoms with van der Waals surface area (Å²) in [5.74, 6) is 2.27. The molecule has 3 aromatic rings. The standard InChI is InChI=1S/C16H13N5O2S/c1-2-12-13(23-8-7-22-12)9-11(1)14-18-19-16-21(14)20-15(24-16)10-3-5-17-6-4-10/h1-6,9,15,20H,7-8H2. The number of hydrogen-bond acceptors (Lipinski definition) is 7. The number of rotatable bonds is 2. The van der Waals surface area contributed by atoms with E-state index in [1.807, 2.05) is 35.0 Å². The summed E-state index contributed by atoms with van der Waals surface area (Å²) in [6, 6.07) is 9.81. The first-order valence-corrected chi connectivity index (χ1v) is 8.45. The molecule has 2 aliphatic rings. The Labute approximate surface area is 142 Å². The average molecular weight is 339 g/mol. The SMILES string of the molecule is c1cc(C2Nn3c(nnc3-c3ccc4c(c3)OCCO4)S2)ccn1. The number of hydrogen-bond donors (Lipinski definition) is 1. The second kappa shape index (κ2) is 5.41. The van der Waals surface area contributed by atoms with Crippen LogP contribution in [0.5, 0.6) is 11.5 Å². The third-order valence-electron chi connectivity index (χ3n) is 3.91. The largest absolute Gasteiger partial charge is 0.486 e. The number of benzene rings is 1. The molecule has 0 amide bonds. The predicted molar refractivity (Wildman–Crippen MR) is 88.6 cm³/mol. The van der Waals surface area contributed by atoms with Crippen LogP contribution in [0.3, 0.4) is 0 Å². The van der Waals surface area contributed by atoms with Crippen molar-refractivity contribution in [3.05, 3.63) is 48.3 Å². The van der Waals surface area contributed by atoms with E-state index in [2.05, 4.69) is 20.6 Å². The number of nitrogens with zero attached hydrogens (tertiary/aromatic N) is 4. The van der Waals surface area contributed by atoms with Gasteiger partial charge in [-0.25, -0.2) is 4.68 Å². The van der Waals surface area contributed by atoms with E-state index in [9.17, 15) is 0 Å². The van der Waals surface area contributed by atoms with E-state index >= 15 is 0 Å². The van der Waals surface area contributed by atoms with Crippen molar-refractivity contribution in [2.24, 2.45) is 0 Å². The fraction of sp³-hybridized carbons (Fsp3) is 0.188. The molecule has 24 heavy (non-hydrogen) atoms.